The van der Waals surface area contributed by atoms with Crippen molar-refractivity contribution in [3.63, 3.8) is 0 Å². The molecule has 2 fully saturated rings. The summed E-state index contributed by atoms with van der Waals surface area (Å²) in [4.78, 5) is 0. The average Bonchev–Trinajstić information content (AvgIpc) is 2.71. The van der Waals surface area contributed by atoms with Crippen molar-refractivity contribution in [2.24, 2.45) is 0 Å². The maximum atomic E-state index is 5.73. The Bertz CT molecular complexity index is 103. The Balaban J connectivity index is 0.000000500. The van der Waals surface area contributed by atoms with Crippen molar-refractivity contribution in [3.8, 4) is 0 Å². The van der Waals surface area contributed by atoms with E-state index in [1.54, 1.807) is 0 Å². The summed E-state index contributed by atoms with van der Waals surface area (Å²) in [6.07, 6.45) is 4.30. The van der Waals surface area contributed by atoms with Crippen LogP contribution in [0.4, 0.5) is 0 Å². The van der Waals surface area contributed by atoms with Crippen molar-refractivity contribution < 1.29 is 25.8 Å². The zero-order valence-electron chi connectivity index (χ0n) is 6.12. The van der Waals surface area contributed by atoms with Gasteiger partial charge in [0.25, 0.3) is 0 Å². The molecule has 0 saturated carbocycles. The first kappa shape index (κ1) is 9.39. The van der Waals surface area contributed by atoms with Gasteiger partial charge in [0.15, 0.2) is 0 Å². The molecular formula is C5H14OPtSi3. The van der Waals surface area contributed by atoms with E-state index >= 15 is 0 Å². The zero-order chi connectivity index (χ0) is 6.10. The van der Waals surface area contributed by atoms with E-state index in [4.69, 9.17) is 4.74 Å². The van der Waals surface area contributed by atoms with E-state index < -0.39 is 0 Å². The van der Waals surface area contributed by atoms with Crippen LogP contribution in [0.3, 0.4) is 0 Å². The molecule has 1 nitrogen and oxygen atoms in total. The van der Waals surface area contributed by atoms with E-state index in [9.17, 15) is 0 Å². The Morgan fingerprint density at radius 1 is 1.30 bits per heavy atom. The molecule has 62 valence electrons. The largest absolute Gasteiger partial charge is 0.383 e. The van der Waals surface area contributed by atoms with Crippen LogP contribution in [0, 0.1) is 0 Å². The van der Waals surface area contributed by atoms with E-state index in [1.807, 2.05) is 0 Å². The molecule has 2 aliphatic rings. The molecule has 0 aromatic rings. The molecule has 0 amide bonds. The molecule has 1 unspecified atom stereocenters. The van der Waals surface area contributed by atoms with Gasteiger partial charge in [-0.05, 0) is 36.4 Å². The van der Waals surface area contributed by atoms with Crippen molar-refractivity contribution in [3.05, 3.63) is 0 Å². The number of rotatable bonds is 1. The zero-order valence-corrected chi connectivity index (χ0v) is 12.4. The third-order valence-corrected chi connectivity index (χ3v) is 23.3. The second-order valence-electron chi connectivity index (χ2n) is 3.24. The summed E-state index contributed by atoms with van der Waals surface area (Å²) >= 11 is 0. The van der Waals surface area contributed by atoms with Crippen LogP contribution in [0.1, 0.15) is 19.3 Å². The summed E-state index contributed by atoms with van der Waals surface area (Å²) in [6.45, 7) is 1.11. The monoisotopic (exact) mass is 369 g/mol. The Kier molecular flexibility index (Phi) is 4.09. The SMILES string of the molecule is C1CCC([SiH]2[SiH2][SiH2]2)OC1.[Pt]. The van der Waals surface area contributed by atoms with Gasteiger partial charge in [-0.15, -0.1) is 0 Å². The average molecular weight is 370 g/mol. The van der Waals surface area contributed by atoms with Gasteiger partial charge in [-0.2, -0.15) is 0 Å². The minimum absolute atomic E-state index is 0. The van der Waals surface area contributed by atoms with Gasteiger partial charge in [-0.1, -0.05) is 0 Å². The first-order chi connectivity index (χ1) is 4.47. The fraction of sp³-hybridized carbons (Fsp3) is 1.00. The Labute approximate surface area is 82.2 Å². The van der Waals surface area contributed by atoms with Crippen LogP contribution >= 0.6 is 0 Å². The van der Waals surface area contributed by atoms with Crippen LogP contribution in [0.15, 0.2) is 0 Å². The van der Waals surface area contributed by atoms with Gasteiger partial charge in [0, 0.05) is 41.2 Å². The van der Waals surface area contributed by atoms with Gasteiger partial charge in [-0.3, -0.25) is 0 Å². The molecular weight excluding hydrogens is 355 g/mol. The van der Waals surface area contributed by atoms with E-state index in [0.717, 1.165) is 12.3 Å². The minimum Gasteiger partial charge on any atom is -0.383 e. The maximum absolute atomic E-state index is 5.73. The molecule has 0 aromatic carbocycles. The van der Waals surface area contributed by atoms with E-state index in [1.165, 1.54) is 19.3 Å². The third-order valence-electron chi connectivity index (χ3n) is 2.36. The van der Waals surface area contributed by atoms with Crippen molar-refractivity contribution >= 4 is 24.9 Å². The predicted octanol–water partition coefficient (Wildman–Crippen LogP) is -1.42. The molecule has 0 aliphatic carbocycles. The third kappa shape index (κ3) is 2.41. The smallest absolute Gasteiger partial charge is 0.0465 e. The number of hydrogen-bond donors (Lipinski definition) is 0. The van der Waals surface area contributed by atoms with Crippen LogP contribution in [0.5, 0.6) is 0 Å². The van der Waals surface area contributed by atoms with Crippen molar-refractivity contribution in [2.75, 3.05) is 6.61 Å². The molecule has 0 bridgehead atoms. The molecule has 2 rings (SSSR count). The van der Waals surface area contributed by atoms with E-state index in [-0.39, 0.29) is 28.9 Å². The summed E-state index contributed by atoms with van der Waals surface area (Å²) in [6, 6.07) is 0. The molecule has 1 atom stereocenters. The van der Waals surface area contributed by atoms with Gasteiger partial charge >= 0.3 is 0 Å². The summed E-state index contributed by atoms with van der Waals surface area (Å²) in [5.41, 5.74) is 0.928. The Morgan fingerprint density at radius 3 is 2.60 bits per heavy atom. The molecule has 2 saturated heterocycles. The minimum atomic E-state index is 0. The normalized spacial score (nSPS) is 43.2. The van der Waals surface area contributed by atoms with Crippen molar-refractivity contribution in [2.45, 2.75) is 25.0 Å². The quantitative estimate of drug-likeness (QED) is 0.516. The predicted molar refractivity (Wildman–Crippen MR) is 47.8 cm³/mol. The van der Waals surface area contributed by atoms with Crippen LogP contribution in [-0.2, 0) is 25.8 Å². The molecule has 0 aromatic heterocycles. The molecule has 10 heavy (non-hydrogen) atoms. The molecule has 2 aliphatic heterocycles. The fourth-order valence-corrected chi connectivity index (χ4v) is 22.3. The number of hydrogen-bond acceptors (Lipinski definition) is 1. The van der Waals surface area contributed by atoms with Crippen LogP contribution in [0.25, 0.3) is 0 Å². The van der Waals surface area contributed by atoms with Gasteiger partial charge < -0.3 is 4.74 Å². The summed E-state index contributed by atoms with van der Waals surface area (Å²) in [5, 5.41) is 0. The van der Waals surface area contributed by atoms with E-state index in [0.29, 0.717) is 17.1 Å². The van der Waals surface area contributed by atoms with Gasteiger partial charge in [0.2, 0.25) is 0 Å². The summed E-state index contributed by atoms with van der Waals surface area (Å²) in [7, 11) is 1.43. The van der Waals surface area contributed by atoms with Crippen molar-refractivity contribution in [1.29, 1.82) is 0 Å². The summed E-state index contributed by atoms with van der Waals surface area (Å²) < 4.78 is 5.73. The maximum Gasteiger partial charge on any atom is 0.0465 e. The van der Waals surface area contributed by atoms with Gasteiger partial charge in [-0.25, -0.2) is 0 Å². The van der Waals surface area contributed by atoms with Gasteiger partial charge in [0.1, 0.15) is 0 Å². The standard InChI is InChI=1S/C5H14OSi3.Pt/c1-2-4-6-5(3-1)9-7-8-9;/h5,9H,1-4,7-8H2;. The summed E-state index contributed by atoms with van der Waals surface area (Å²) in [5.74, 6) is 0. The first-order valence-corrected chi connectivity index (χ1v) is 15.3. The second kappa shape index (κ2) is 4.36. The topological polar surface area (TPSA) is 9.23 Å². The number of ether oxygens (including phenoxy) is 1. The Hall–Kier alpha value is 1.30. The van der Waals surface area contributed by atoms with Gasteiger partial charge in [0.05, 0.1) is 0 Å². The molecule has 0 spiro atoms. The van der Waals surface area contributed by atoms with Crippen LogP contribution in [-0.4, -0.2) is 37.3 Å². The first-order valence-electron chi connectivity index (χ1n) is 4.08. The molecule has 5 heteroatoms. The molecule has 2 heterocycles. The van der Waals surface area contributed by atoms with E-state index in [2.05, 4.69) is 0 Å². The molecule has 0 N–H and O–H groups in total. The fourth-order valence-electron chi connectivity index (χ4n) is 1.61. The van der Waals surface area contributed by atoms with Crippen molar-refractivity contribution in [1.82, 2.24) is 0 Å². The van der Waals surface area contributed by atoms with Crippen LogP contribution < -0.4 is 0 Å². The molecule has 0 radical (unpaired) electrons. The second-order valence-corrected chi connectivity index (χ2v) is 30.3. The Morgan fingerprint density at radius 2 is 2.10 bits per heavy atom. The van der Waals surface area contributed by atoms with Crippen LogP contribution in [0.2, 0.25) is 0 Å².